The minimum absolute atomic E-state index is 0.0344. The summed E-state index contributed by atoms with van der Waals surface area (Å²) in [5, 5.41) is 5.28. The number of benzene rings is 1. The predicted octanol–water partition coefficient (Wildman–Crippen LogP) is 4.85. The molecule has 0 radical (unpaired) electrons. The van der Waals surface area contributed by atoms with Crippen molar-refractivity contribution in [1.82, 2.24) is 14.9 Å². The molecular weight excluding hydrogens is 442 g/mol. The molecule has 0 spiro atoms. The van der Waals surface area contributed by atoms with Gasteiger partial charge in [0.2, 0.25) is 5.91 Å². The molecule has 1 aromatic carbocycles. The van der Waals surface area contributed by atoms with Crippen LogP contribution < -0.4 is 10.9 Å². The third-order valence-electron chi connectivity index (χ3n) is 5.68. The number of aromatic nitrogens is 2. The lowest BCUT2D eigenvalue weighted by Crippen LogP contribution is -2.29. The smallest absolute Gasteiger partial charge is 0.263 e. The van der Waals surface area contributed by atoms with Crippen LogP contribution >= 0.6 is 23.1 Å². The standard InChI is InChI=1S/C24H23N3O3S2/c1-3-11-27-23(29)21-16-8-6-10-19(16)32-22(21)26-24(27)31-13-20(28)25-14(2)18-12-15-7-4-5-9-17(15)30-18/h3-5,7,9,12,14H,1,6,8,10-11,13H2,2H3,(H,25,28). The van der Waals surface area contributed by atoms with Crippen molar-refractivity contribution in [2.75, 3.05) is 5.75 Å². The zero-order valence-corrected chi connectivity index (χ0v) is 19.4. The van der Waals surface area contributed by atoms with Crippen LogP contribution in [0.4, 0.5) is 0 Å². The number of thiophene rings is 1. The number of rotatable bonds is 7. The van der Waals surface area contributed by atoms with E-state index in [4.69, 9.17) is 9.40 Å². The molecule has 6 nitrogen and oxygen atoms in total. The third-order valence-corrected chi connectivity index (χ3v) is 7.84. The highest BCUT2D eigenvalue weighted by Gasteiger charge is 2.23. The SMILES string of the molecule is C=CCn1c(SCC(=O)NC(C)c2cc3ccccc3o2)nc2sc3c(c2c1=O)CCC3. The number of nitrogens with zero attached hydrogens (tertiary/aromatic N) is 2. The number of carbonyl (C=O) groups is 1. The van der Waals surface area contributed by atoms with E-state index < -0.39 is 0 Å². The summed E-state index contributed by atoms with van der Waals surface area (Å²) in [4.78, 5) is 32.7. The van der Waals surface area contributed by atoms with Crippen molar-refractivity contribution in [1.29, 1.82) is 0 Å². The Hall–Kier alpha value is -2.84. The van der Waals surface area contributed by atoms with Crippen molar-refractivity contribution in [3.05, 3.63) is 69.5 Å². The zero-order chi connectivity index (χ0) is 22.2. The van der Waals surface area contributed by atoms with Gasteiger partial charge >= 0.3 is 0 Å². The van der Waals surface area contributed by atoms with E-state index in [0.717, 1.165) is 46.0 Å². The molecule has 1 atom stereocenters. The Morgan fingerprint density at radius 3 is 3.06 bits per heavy atom. The fourth-order valence-electron chi connectivity index (χ4n) is 4.16. The van der Waals surface area contributed by atoms with Crippen LogP contribution in [0, 0.1) is 0 Å². The highest BCUT2D eigenvalue weighted by atomic mass is 32.2. The van der Waals surface area contributed by atoms with Crippen molar-refractivity contribution >= 4 is 50.2 Å². The largest absolute Gasteiger partial charge is 0.459 e. The van der Waals surface area contributed by atoms with Crippen molar-refractivity contribution in [2.24, 2.45) is 0 Å². The lowest BCUT2D eigenvalue weighted by Gasteiger charge is -2.13. The zero-order valence-electron chi connectivity index (χ0n) is 17.7. The van der Waals surface area contributed by atoms with E-state index in [1.165, 1.54) is 16.6 Å². The molecule has 1 aliphatic rings. The molecule has 0 fully saturated rings. The summed E-state index contributed by atoms with van der Waals surface area (Å²) in [6.07, 6.45) is 4.74. The van der Waals surface area contributed by atoms with Gasteiger partial charge in [0.15, 0.2) is 5.16 Å². The second kappa shape index (κ2) is 8.60. The lowest BCUT2D eigenvalue weighted by molar-refractivity contribution is -0.119. The molecule has 3 heterocycles. The molecule has 1 aliphatic carbocycles. The molecule has 5 rings (SSSR count). The van der Waals surface area contributed by atoms with Gasteiger partial charge in [0.1, 0.15) is 16.2 Å². The molecule has 0 aliphatic heterocycles. The summed E-state index contributed by atoms with van der Waals surface area (Å²) < 4.78 is 7.48. The molecule has 1 unspecified atom stereocenters. The van der Waals surface area contributed by atoms with Gasteiger partial charge in [0, 0.05) is 16.8 Å². The van der Waals surface area contributed by atoms with E-state index >= 15 is 0 Å². The van der Waals surface area contributed by atoms with E-state index in [1.807, 2.05) is 37.3 Å². The number of allylic oxidation sites excluding steroid dienone is 1. The quantitative estimate of drug-likeness (QED) is 0.240. The second-order valence-electron chi connectivity index (χ2n) is 7.90. The van der Waals surface area contributed by atoms with Gasteiger partial charge < -0.3 is 9.73 Å². The first-order chi connectivity index (χ1) is 15.5. The van der Waals surface area contributed by atoms with Gasteiger partial charge in [-0.2, -0.15) is 0 Å². The molecule has 164 valence electrons. The van der Waals surface area contributed by atoms with Crippen LogP contribution in [0.2, 0.25) is 0 Å². The molecular formula is C24H23N3O3S2. The summed E-state index contributed by atoms with van der Waals surface area (Å²) in [6, 6.07) is 9.45. The number of carbonyl (C=O) groups excluding carboxylic acids is 1. The maximum Gasteiger partial charge on any atom is 0.263 e. The summed E-state index contributed by atoms with van der Waals surface area (Å²) in [5.41, 5.74) is 1.92. The molecule has 0 saturated heterocycles. The Bertz CT molecular complexity index is 1370. The topological polar surface area (TPSA) is 77.1 Å². The van der Waals surface area contributed by atoms with E-state index in [9.17, 15) is 9.59 Å². The number of aryl methyl sites for hydroxylation is 2. The van der Waals surface area contributed by atoms with Gasteiger partial charge in [-0.1, -0.05) is 36.0 Å². The maximum atomic E-state index is 13.2. The first kappa shape index (κ1) is 21.0. The molecule has 4 aromatic rings. The molecule has 8 heteroatoms. The maximum absolute atomic E-state index is 13.2. The Morgan fingerprint density at radius 1 is 1.41 bits per heavy atom. The average molecular weight is 466 g/mol. The number of thioether (sulfide) groups is 1. The fraction of sp³-hybridized carbons (Fsp3) is 0.292. The number of hydrogen-bond acceptors (Lipinski definition) is 6. The fourth-order valence-corrected chi connectivity index (χ4v) is 6.28. The van der Waals surface area contributed by atoms with Crippen LogP contribution in [0.1, 0.15) is 35.6 Å². The number of nitrogens with one attached hydrogen (secondary N) is 1. The van der Waals surface area contributed by atoms with Crippen molar-refractivity contribution in [3.8, 4) is 0 Å². The third kappa shape index (κ3) is 3.78. The highest BCUT2D eigenvalue weighted by Crippen LogP contribution is 2.35. The van der Waals surface area contributed by atoms with Crippen LogP contribution in [0.3, 0.4) is 0 Å². The van der Waals surface area contributed by atoms with E-state index in [-0.39, 0.29) is 23.3 Å². The molecule has 1 N–H and O–H groups in total. The van der Waals surface area contributed by atoms with Crippen LogP contribution in [0.25, 0.3) is 21.2 Å². The molecule has 3 aromatic heterocycles. The van der Waals surface area contributed by atoms with Crippen molar-refractivity contribution < 1.29 is 9.21 Å². The van der Waals surface area contributed by atoms with Crippen LogP contribution in [-0.4, -0.2) is 21.2 Å². The van der Waals surface area contributed by atoms with Crippen molar-refractivity contribution in [2.45, 2.75) is 43.9 Å². The van der Waals surface area contributed by atoms with Crippen molar-refractivity contribution in [3.63, 3.8) is 0 Å². The Kier molecular flexibility index (Phi) is 5.65. The molecule has 1 amide bonds. The van der Waals surface area contributed by atoms with Gasteiger partial charge in [0.05, 0.1) is 17.2 Å². The van der Waals surface area contributed by atoms with Crippen LogP contribution in [0.15, 0.2) is 57.4 Å². The van der Waals surface area contributed by atoms with E-state index in [2.05, 4.69) is 11.9 Å². The van der Waals surface area contributed by atoms with E-state index in [1.54, 1.807) is 22.0 Å². The predicted molar refractivity (Wildman–Crippen MR) is 130 cm³/mol. The Labute approximate surface area is 193 Å². The Morgan fingerprint density at radius 2 is 2.25 bits per heavy atom. The van der Waals surface area contributed by atoms with Gasteiger partial charge in [-0.05, 0) is 43.9 Å². The monoisotopic (exact) mass is 465 g/mol. The first-order valence-corrected chi connectivity index (χ1v) is 12.4. The van der Waals surface area contributed by atoms with Crippen LogP contribution in [0.5, 0.6) is 0 Å². The first-order valence-electron chi connectivity index (χ1n) is 10.6. The average Bonchev–Trinajstić information content (AvgIpc) is 3.48. The van der Waals surface area contributed by atoms with Crippen LogP contribution in [-0.2, 0) is 24.2 Å². The number of furan rings is 1. The molecule has 0 saturated carbocycles. The van der Waals surface area contributed by atoms with Gasteiger partial charge in [0.25, 0.3) is 5.56 Å². The minimum atomic E-state index is -0.262. The summed E-state index contributed by atoms with van der Waals surface area (Å²) in [7, 11) is 0. The normalized spacial score (nSPS) is 14.0. The molecule has 32 heavy (non-hydrogen) atoms. The lowest BCUT2D eigenvalue weighted by atomic mass is 10.2. The number of fused-ring (bicyclic) bond motifs is 4. The number of hydrogen-bond donors (Lipinski definition) is 1. The van der Waals surface area contributed by atoms with Gasteiger partial charge in [-0.25, -0.2) is 4.98 Å². The second-order valence-corrected chi connectivity index (χ2v) is 9.93. The van der Waals surface area contributed by atoms with Gasteiger partial charge in [-0.15, -0.1) is 17.9 Å². The number of amides is 1. The minimum Gasteiger partial charge on any atom is -0.459 e. The highest BCUT2D eigenvalue weighted by molar-refractivity contribution is 7.99. The Balaban J connectivity index is 1.34. The van der Waals surface area contributed by atoms with E-state index in [0.29, 0.717) is 17.5 Å². The van der Waals surface area contributed by atoms with Gasteiger partial charge in [-0.3, -0.25) is 14.2 Å². The summed E-state index contributed by atoms with van der Waals surface area (Å²) in [6.45, 7) is 6.04. The molecule has 0 bridgehead atoms. The number of para-hydroxylation sites is 1. The summed E-state index contributed by atoms with van der Waals surface area (Å²) >= 11 is 2.88. The summed E-state index contributed by atoms with van der Waals surface area (Å²) in [5.74, 6) is 0.724.